The van der Waals surface area contributed by atoms with Crippen LogP contribution in [0.2, 0.25) is 10.0 Å². The van der Waals surface area contributed by atoms with Crippen molar-refractivity contribution in [3.05, 3.63) is 44.2 Å². The SMILES string of the molecule is CC[C@H]1CCc2c(sc(NC(=O)COc3ccc(Cl)cc3Cl)c2C(=O)OC)C1. The number of amides is 1. The molecule has 1 aromatic heterocycles. The summed E-state index contributed by atoms with van der Waals surface area (Å²) in [7, 11) is 1.35. The largest absolute Gasteiger partial charge is 0.482 e. The number of fused-ring (bicyclic) bond motifs is 1. The predicted molar refractivity (Wildman–Crippen MR) is 112 cm³/mol. The van der Waals surface area contributed by atoms with Crippen molar-refractivity contribution < 1.29 is 19.1 Å². The second-order valence-electron chi connectivity index (χ2n) is 6.63. The Morgan fingerprint density at radius 1 is 1.32 bits per heavy atom. The minimum Gasteiger partial charge on any atom is -0.482 e. The highest BCUT2D eigenvalue weighted by atomic mass is 35.5. The van der Waals surface area contributed by atoms with E-state index in [0.717, 1.165) is 36.1 Å². The van der Waals surface area contributed by atoms with Gasteiger partial charge in [0, 0.05) is 9.90 Å². The number of methoxy groups -OCH3 is 1. The average molecular weight is 442 g/mol. The van der Waals surface area contributed by atoms with Crippen LogP contribution in [0.15, 0.2) is 18.2 Å². The molecular formula is C20H21Cl2NO4S. The molecule has 0 saturated carbocycles. The summed E-state index contributed by atoms with van der Waals surface area (Å²) in [6.45, 7) is 1.94. The molecule has 0 spiro atoms. The molecule has 0 unspecified atom stereocenters. The molecular weight excluding hydrogens is 421 g/mol. The van der Waals surface area contributed by atoms with Crippen LogP contribution < -0.4 is 10.1 Å². The molecule has 1 heterocycles. The van der Waals surface area contributed by atoms with Gasteiger partial charge in [0.2, 0.25) is 0 Å². The van der Waals surface area contributed by atoms with Crippen molar-refractivity contribution in [1.82, 2.24) is 0 Å². The predicted octanol–water partition coefficient (Wildman–Crippen LogP) is 5.37. The molecule has 8 heteroatoms. The summed E-state index contributed by atoms with van der Waals surface area (Å²) in [5.74, 6) is 0.174. The van der Waals surface area contributed by atoms with Crippen molar-refractivity contribution in [2.45, 2.75) is 32.6 Å². The van der Waals surface area contributed by atoms with Gasteiger partial charge < -0.3 is 14.8 Å². The van der Waals surface area contributed by atoms with E-state index >= 15 is 0 Å². The molecule has 0 radical (unpaired) electrons. The lowest BCUT2D eigenvalue weighted by molar-refractivity contribution is -0.118. The molecule has 0 bridgehead atoms. The fourth-order valence-electron chi connectivity index (χ4n) is 3.31. The van der Waals surface area contributed by atoms with Crippen molar-refractivity contribution in [3.63, 3.8) is 0 Å². The number of carbonyl (C=O) groups is 2. The number of halogens is 2. The number of hydrogen-bond donors (Lipinski definition) is 1. The highest BCUT2D eigenvalue weighted by Crippen LogP contribution is 2.40. The molecule has 2 aromatic rings. The van der Waals surface area contributed by atoms with Gasteiger partial charge in [0.25, 0.3) is 5.91 Å². The van der Waals surface area contributed by atoms with Crippen LogP contribution >= 0.6 is 34.5 Å². The summed E-state index contributed by atoms with van der Waals surface area (Å²) in [4.78, 5) is 25.9. The summed E-state index contributed by atoms with van der Waals surface area (Å²) >= 11 is 13.4. The molecule has 1 atom stereocenters. The normalized spacial score (nSPS) is 15.6. The molecule has 5 nitrogen and oxygen atoms in total. The number of esters is 1. The van der Waals surface area contributed by atoms with Crippen molar-refractivity contribution in [2.75, 3.05) is 19.0 Å². The van der Waals surface area contributed by atoms with Gasteiger partial charge in [0.05, 0.1) is 17.7 Å². The van der Waals surface area contributed by atoms with Crippen molar-refractivity contribution >= 4 is 51.4 Å². The van der Waals surface area contributed by atoms with E-state index < -0.39 is 5.97 Å². The first kappa shape index (κ1) is 21.0. The van der Waals surface area contributed by atoms with Crippen LogP contribution in [0, 0.1) is 5.92 Å². The Bertz CT molecular complexity index is 897. The first-order valence-corrected chi connectivity index (χ1v) is 10.6. The van der Waals surface area contributed by atoms with Gasteiger partial charge in [-0.1, -0.05) is 36.5 Å². The number of anilines is 1. The van der Waals surface area contributed by atoms with Gasteiger partial charge in [-0.25, -0.2) is 4.79 Å². The molecule has 0 aliphatic heterocycles. The van der Waals surface area contributed by atoms with Crippen LogP contribution in [0.1, 0.15) is 40.6 Å². The summed E-state index contributed by atoms with van der Waals surface area (Å²) in [6.07, 6.45) is 3.88. The Labute approximate surface area is 177 Å². The third kappa shape index (κ3) is 4.62. The molecule has 1 aromatic carbocycles. The molecule has 1 amide bonds. The van der Waals surface area contributed by atoms with Gasteiger partial charge in [0.1, 0.15) is 10.8 Å². The van der Waals surface area contributed by atoms with Crippen LogP contribution in [0.5, 0.6) is 5.75 Å². The average Bonchev–Trinajstić information content (AvgIpc) is 3.03. The lowest BCUT2D eigenvalue weighted by atomic mass is 9.86. The van der Waals surface area contributed by atoms with Gasteiger partial charge in [-0.05, 0) is 48.9 Å². The molecule has 0 saturated heterocycles. The maximum atomic E-state index is 12.4. The van der Waals surface area contributed by atoms with E-state index in [9.17, 15) is 9.59 Å². The zero-order valence-electron chi connectivity index (χ0n) is 15.6. The topological polar surface area (TPSA) is 64.6 Å². The molecule has 3 rings (SSSR count). The Balaban J connectivity index is 1.74. The number of thiophene rings is 1. The smallest absolute Gasteiger partial charge is 0.341 e. The van der Waals surface area contributed by atoms with E-state index in [1.54, 1.807) is 18.2 Å². The van der Waals surface area contributed by atoms with Gasteiger partial charge in [0.15, 0.2) is 6.61 Å². The second kappa shape index (κ2) is 9.16. The number of nitrogens with one attached hydrogen (secondary N) is 1. The van der Waals surface area contributed by atoms with E-state index in [-0.39, 0.29) is 12.5 Å². The van der Waals surface area contributed by atoms with Gasteiger partial charge in [-0.3, -0.25) is 4.79 Å². The third-order valence-electron chi connectivity index (χ3n) is 4.84. The van der Waals surface area contributed by atoms with E-state index in [0.29, 0.717) is 32.3 Å². The Kier molecular flexibility index (Phi) is 6.86. The second-order valence-corrected chi connectivity index (χ2v) is 8.58. The Hall–Kier alpha value is -1.76. The maximum Gasteiger partial charge on any atom is 0.341 e. The number of ether oxygens (including phenoxy) is 2. The summed E-state index contributed by atoms with van der Waals surface area (Å²) in [5.41, 5.74) is 1.47. The number of benzene rings is 1. The summed E-state index contributed by atoms with van der Waals surface area (Å²) in [5, 5.41) is 4.13. The van der Waals surface area contributed by atoms with Crippen LogP contribution in [-0.4, -0.2) is 25.6 Å². The Morgan fingerprint density at radius 3 is 2.79 bits per heavy atom. The number of hydrogen-bond acceptors (Lipinski definition) is 5. The maximum absolute atomic E-state index is 12.4. The fraction of sp³-hybridized carbons (Fsp3) is 0.400. The third-order valence-corrected chi connectivity index (χ3v) is 6.54. The zero-order chi connectivity index (χ0) is 20.3. The molecule has 0 fully saturated rings. The van der Waals surface area contributed by atoms with Crippen LogP contribution in [0.25, 0.3) is 0 Å². The molecule has 1 N–H and O–H groups in total. The number of carbonyl (C=O) groups excluding carboxylic acids is 2. The van der Waals surface area contributed by atoms with Crippen LogP contribution in [0.3, 0.4) is 0 Å². The van der Waals surface area contributed by atoms with Gasteiger partial charge in [-0.15, -0.1) is 11.3 Å². The van der Waals surface area contributed by atoms with Crippen molar-refractivity contribution in [2.24, 2.45) is 5.92 Å². The lowest BCUT2D eigenvalue weighted by Gasteiger charge is -2.20. The molecule has 28 heavy (non-hydrogen) atoms. The standard InChI is InChI=1S/C20H21Cl2NO4S/c1-3-11-4-6-13-16(8-11)28-19(18(13)20(25)26-2)23-17(24)10-27-15-7-5-12(21)9-14(15)22/h5,7,9,11H,3-4,6,8,10H2,1-2H3,(H,23,24)/t11-/m0/s1. The van der Waals surface area contributed by atoms with Crippen molar-refractivity contribution in [1.29, 1.82) is 0 Å². The lowest BCUT2D eigenvalue weighted by Crippen LogP contribution is -2.21. The highest BCUT2D eigenvalue weighted by molar-refractivity contribution is 7.17. The highest BCUT2D eigenvalue weighted by Gasteiger charge is 2.29. The molecule has 150 valence electrons. The minimum absolute atomic E-state index is 0.234. The van der Waals surface area contributed by atoms with Gasteiger partial charge >= 0.3 is 5.97 Å². The van der Waals surface area contributed by atoms with Crippen LogP contribution in [-0.2, 0) is 22.4 Å². The zero-order valence-corrected chi connectivity index (χ0v) is 18.0. The first-order chi connectivity index (χ1) is 13.4. The van der Waals surface area contributed by atoms with E-state index in [4.69, 9.17) is 32.7 Å². The Morgan fingerprint density at radius 2 is 2.11 bits per heavy atom. The van der Waals surface area contributed by atoms with Crippen LogP contribution in [0.4, 0.5) is 5.00 Å². The molecule has 1 aliphatic carbocycles. The first-order valence-electron chi connectivity index (χ1n) is 9.03. The minimum atomic E-state index is -0.426. The van der Waals surface area contributed by atoms with E-state index in [2.05, 4.69) is 12.2 Å². The summed E-state index contributed by atoms with van der Waals surface area (Å²) < 4.78 is 10.4. The summed E-state index contributed by atoms with van der Waals surface area (Å²) in [6, 6.07) is 4.78. The van der Waals surface area contributed by atoms with E-state index in [1.165, 1.54) is 18.4 Å². The monoisotopic (exact) mass is 441 g/mol. The quantitative estimate of drug-likeness (QED) is 0.611. The van der Waals surface area contributed by atoms with Gasteiger partial charge in [-0.2, -0.15) is 0 Å². The van der Waals surface area contributed by atoms with E-state index in [1.807, 2.05) is 0 Å². The fourth-order valence-corrected chi connectivity index (χ4v) is 5.14. The number of rotatable bonds is 6. The van der Waals surface area contributed by atoms with Crippen molar-refractivity contribution in [3.8, 4) is 5.75 Å². The molecule has 1 aliphatic rings.